The van der Waals surface area contributed by atoms with E-state index in [4.69, 9.17) is 23.2 Å². The number of sulfonamides is 1. The van der Waals surface area contributed by atoms with Crippen molar-refractivity contribution in [2.75, 3.05) is 18.4 Å². The van der Waals surface area contributed by atoms with Gasteiger partial charge in [-0.25, -0.2) is 12.7 Å². The number of halogens is 2. The molecule has 0 bridgehead atoms. The van der Waals surface area contributed by atoms with Crippen molar-refractivity contribution in [3.05, 3.63) is 63.1 Å². The molecule has 8 heteroatoms. The van der Waals surface area contributed by atoms with Gasteiger partial charge in [-0.15, -0.1) is 0 Å². The lowest BCUT2D eigenvalue weighted by molar-refractivity contribution is -0.120. The van der Waals surface area contributed by atoms with Crippen LogP contribution >= 0.6 is 23.2 Å². The molecule has 29 heavy (non-hydrogen) atoms. The van der Waals surface area contributed by atoms with E-state index >= 15 is 0 Å². The molecule has 1 saturated heterocycles. The maximum atomic E-state index is 12.8. The van der Waals surface area contributed by atoms with Gasteiger partial charge in [-0.1, -0.05) is 47.5 Å². The molecular weight excluding hydrogens is 431 g/mol. The molecule has 0 aromatic heterocycles. The van der Waals surface area contributed by atoms with E-state index in [2.05, 4.69) is 5.32 Å². The molecule has 5 nitrogen and oxygen atoms in total. The van der Waals surface area contributed by atoms with Crippen LogP contribution in [0.3, 0.4) is 0 Å². The first-order valence-corrected chi connectivity index (χ1v) is 11.8. The number of para-hydroxylation sites is 1. The zero-order chi connectivity index (χ0) is 21.2. The molecule has 1 amide bonds. The summed E-state index contributed by atoms with van der Waals surface area (Å²) in [6, 6.07) is 10.7. The summed E-state index contributed by atoms with van der Waals surface area (Å²) in [5.74, 6) is -0.391. The van der Waals surface area contributed by atoms with Gasteiger partial charge in [0.1, 0.15) is 0 Å². The summed E-state index contributed by atoms with van der Waals surface area (Å²) in [7, 11) is -3.49. The molecule has 0 radical (unpaired) electrons. The predicted molar refractivity (Wildman–Crippen MR) is 118 cm³/mol. The van der Waals surface area contributed by atoms with Gasteiger partial charge in [0.2, 0.25) is 15.9 Å². The number of anilines is 1. The average molecular weight is 455 g/mol. The number of carbonyl (C=O) groups is 1. The molecule has 3 rings (SSSR count). The minimum absolute atomic E-state index is 0.0519. The normalized spacial score (nSPS) is 16.0. The molecule has 1 heterocycles. The van der Waals surface area contributed by atoms with E-state index in [-0.39, 0.29) is 17.6 Å². The van der Waals surface area contributed by atoms with Crippen LogP contribution in [0.2, 0.25) is 10.0 Å². The number of rotatable bonds is 5. The zero-order valence-corrected chi connectivity index (χ0v) is 18.7. The second-order valence-corrected chi connectivity index (χ2v) is 10.2. The summed E-state index contributed by atoms with van der Waals surface area (Å²) >= 11 is 11.9. The SMILES string of the molecule is Cc1cccc(C)c1NC(=O)C1CCN(S(=O)(=O)Cc2ccc(Cl)c(Cl)c2)CC1. The minimum atomic E-state index is -3.49. The molecule has 1 N–H and O–H groups in total. The Labute approximate surface area is 182 Å². The van der Waals surface area contributed by atoms with Crippen LogP contribution in [-0.4, -0.2) is 31.7 Å². The predicted octanol–water partition coefficient (Wildman–Crippen LogP) is 4.79. The van der Waals surface area contributed by atoms with Gasteiger partial charge in [0.05, 0.1) is 15.8 Å². The first-order chi connectivity index (χ1) is 13.7. The summed E-state index contributed by atoms with van der Waals surface area (Å²) in [6.07, 6.45) is 0.995. The molecule has 0 saturated carbocycles. The van der Waals surface area contributed by atoms with Crippen LogP contribution in [0.1, 0.15) is 29.5 Å². The van der Waals surface area contributed by atoms with E-state index < -0.39 is 10.0 Å². The highest BCUT2D eigenvalue weighted by Crippen LogP contribution is 2.27. The summed E-state index contributed by atoms with van der Waals surface area (Å²) in [5, 5.41) is 3.75. The number of hydrogen-bond donors (Lipinski definition) is 1. The van der Waals surface area contributed by atoms with Crippen LogP contribution in [0, 0.1) is 19.8 Å². The highest BCUT2D eigenvalue weighted by atomic mass is 35.5. The number of nitrogens with one attached hydrogen (secondary N) is 1. The number of benzene rings is 2. The standard InChI is InChI=1S/C21H24Cl2N2O3S/c1-14-4-3-5-15(2)20(14)24-21(26)17-8-10-25(11-9-17)29(27,28)13-16-6-7-18(22)19(23)12-16/h3-7,12,17H,8-11,13H2,1-2H3,(H,24,26). The molecule has 1 aliphatic rings. The van der Waals surface area contributed by atoms with Crippen molar-refractivity contribution in [2.24, 2.45) is 5.92 Å². The summed E-state index contributed by atoms with van der Waals surface area (Å²) in [5.41, 5.74) is 3.46. The molecule has 1 aliphatic heterocycles. The zero-order valence-electron chi connectivity index (χ0n) is 16.4. The van der Waals surface area contributed by atoms with Crippen molar-refractivity contribution in [1.29, 1.82) is 0 Å². The Kier molecular flexibility index (Phi) is 6.89. The fraction of sp³-hybridized carbons (Fsp3) is 0.381. The monoisotopic (exact) mass is 454 g/mol. The van der Waals surface area contributed by atoms with Crippen LogP contribution in [0.15, 0.2) is 36.4 Å². The Morgan fingerprint density at radius 1 is 1.07 bits per heavy atom. The Balaban J connectivity index is 1.60. The van der Waals surface area contributed by atoms with Crippen LogP contribution in [0.5, 0.6) is 0 Å². The van der Waals surface area contributed by atoms with Crippen molar-refractivity contribution in [3.63, 3.8) is 0 Å². The molecule has 0 aliphatic carbocycles. The van der Waals surface area contributed by atoms with Crippen LogP contribution in [0.4, 0.5) is 5.69 Å². The number of amides is 1. The molecule has 2 aromatic carbocycles. The van der Waals surface area contributed by atoms with Gasteiger partial charge in [0.15, 0.2) is 0 Å². The first-order valence-electron chi connectivity index (χ1n) is 9.46. The Morgan fingerprint density at radius 2 is 1.69 bits per heavy atom. The number of carbonyl (C=O) groups excluding carboxylic acids is 1. The third-order valence-electron chi connectivity index (χ3n) is 5.28. The van der Waals surface area contributed by atoms with Gasteiger partial charge in [0, 0.05) is 24.7 Å². The maximum Gasteiger partial charge on any atom is 0.227 e. The fourth-order valence-electron chi connectivity index (χ4n) is 3.56. The average Bonchev–Trinajstić information content (AvgIpc) is 2.67. The summed E-state index contributed by atoms with van der Waals surface area (Å²) in [6.45, 7) is 4.57. The second kappa shape index (κ2) is 9.04. The molecule has 0 atom stereocenters. The van der Waals surface area contributed by atoms with E-state index in [1.54, 1.807) is 18.2 Å². The summed E-state index contributed by atoms with van der Waals surface area (Å²) < 4.78 is 27.0. The Hall–Kier alpha value is -1.60. The third-order valence-corrected chi connectivity index (χ3v) is 7.87. The van der Waals surface area contributed by atoms with Crippen molar-refractivity contribution < 1.29 is 13.2 Å². The van der Waals surface area contributed by atoms with Gasteiger partial charge in [-0.3, -0.25) is 4.79 Å². The first kappa shape index (κ1) is 22.1. The van der Waals surface area contributed by atoms with Gasteiger partial charge in [-0.2, -0.15) is 0 Å². The van der Waals surface area contributed by atoms with Gasteiger partial charge in [0.25, 0.3) is 0 Å². The lowest BCUT2D eigenvalue weighted by Crippen LogP contribution is -2.42. The van der Waals surface area contributed by atoms with E-state index in [9.17, 15) is 13.2 Å². The van der Waals surface area contributed by atoms with Crippen LogP contribution in [-0.2, 0) is 20.6 Å². The van der Waals surface area contributed by atoms with E-state index in [1.165, 1.54) is 4.31 Å². The van der Waals surface area contributed by atoms with Crippen LogP contribution < -0.4 is 5.32 Å². The lowest BCUT2D eigenvalue weighted by atomic mass is 9.96. The van der Waals surface area contributed by atoms with Gasteiger partial charge >= 0.3 is 0 Å². The van der Waals surface area contributed by atoms with Crippen molar-refractivity contribution >= 4 is 44.8 Å². The Morgan fingerprint density at radius 3 is 2.28 bits per heavy atom. The van der Waals surface area contributed by atoms with Gasteiger partial charge in [-0.05, 0) is 55.5 Å². The van der Waals surface area contributed by atoms with Gasteiger partial charge < -0.3 is 5.32 Å². The second-order valence-electron chi connectivity index (χ2n) is 7.43. The minimum Gasteiger partial charge on any atom is -0.325 e. The van der Waals surface area contributed by atoms with E-state index in [1.807, 2.05) is 32.0 Å². The molecular formula is C21H24Cl2N2O3S. The van der Waals surface area contributed by atoms with E-state index in [0.717, 1.165) is 16.8 Å². The maximum absolute atomic E-state index is 12.8. The quantitative estimate of drug-likeness (QED) is 0.705. The molecule has 1 fully saturated rings. The largest absolute Gasteiger partial charge is 0.325 e. The van der Waals surface area contributed by atoms with Crippen molar-refractivity contribution in [2.45, 2.75) is 32.4 Å². The highest BCUT2D eigenvalue weighted by molar-refractivity contribution is 7.88. The topological polar surface area (TPSA) is 66.5 Å². The molecule has 156 valence electrons. The number of hydrogen-bond acceptors (Lipinski definition) is 3. The van der Waals surface area contributed by atoms with Crippen LogP contribution in [0.25, 0.3) is 0 Å². The van der Waals surface area contributed by atoms with Crippen molar-refractivity contribution in [1.82, 2.24) is 4.31 Å². The summed E-state index contributed by atoms with van der Waals surface area (Å²) in [4.78, 5) is 12.7. The van der Waals surface area contributed by atoms with E-state index in [0.29, 0.717) is 41.5 Å². The molecule has 2 aromatic rings. The lowest BCUT2D eigenvalue weighted by Gasteiger charge is -2.30. The number of piperidine rings is 1. The van der Waals surface area contributed by atoms with Crippen molar-refractivity contribution in [3.8, 4) is 0 Å². The number of aryl methyl sites for hydroxylation is 2. The smallest absolute Gasteiger partial charge is 0.227 e. The third kappa shape index (κ3) is 5.31. The highest BCUT2D eigenvalue weighted by Gasteiger charge is 2.31. The molecule has 0 spiro atoms. The Bertz CT molecular complexity index is 996. The fourth-order valence-corrected chi connectivity index (χ4v) is 5.44. The number of nitrogens with zero attached hydrogens (tertiary/aromatic N) is 1. The molecule has 0 unspecified atom stereocenters.